The summed E-state index contributed by atoms with van der Waals surface area (Å²) >= 11 is 0. The van der Waals surface area contributed by atoms with Crippen molar-refractivity contribution in [3.8, 4) is 5.69 Å². The molecule has 0 atom stereocenters. The van der Waals surface area contributed by atoms with Gasteiger partial charge in [0.2, 0.25) is 5.91 Å². The van der Waals surface area contributed by atoms with Gasteiger partial charge in [0.1, 0.15) is 6.33 Å². The lowest BCUT2D eigenvalue weighted by atomic mass is 9.94. The van der Waals surface area contributed by atoms with Gasteiger partial charge in [0, 0.05) is 37.7 Å². The van der Waals surface area contributed by atoms with Gasteiger partial charge in [-0.15, -0.1) is 5.10 Å². The van der Waals surface area contributed by atoms with Crippen molar-refractivity contribution >= 4 is 11.8 Å². The summed E-state index contributed by atoms with van der Waals surface area (Å²) in [6.07, 6.45) is 6.44. The fourth-order valence-corrected chi connectivity index (χ4v) is 3.95. The third-order valence-electron chi connectivity index (χ3n) is 5.51. The van der Waals surface area contributed by atoms with Gasteiger partial charge in [-0.2, -0.15) is 0 Å². The molecule has 8 nitrogen and oxygen atoms in total. The number of nitrogens with zero attached hydrogens (tertiary/aromatic N) is 6. The van der Waals surface area contributed by atoms with Crippen LogP contribution in [-0.2, 0) is 4.79 Å². The summed E-state index contributed by atoms with van der Waals surface area (Å²) in [5.41, 5.74) is 1.37. The summed E-state index contributed by atoms with van der Waals surface area (Å²) < 4.78 is 1.53. The van der Waals surface area contributed by atoms with Gasteiger partial charge in [0.05, 0.1) is 5.69 Å². The Morgan fingerprint density at radius 2 is 1.74 bits per heavy atom. The molecule has 3 heterocycles. The van der Waals surface area contributed by atoms with Gasteiger partial charge in [-0.3, -0.25) is 9.59 Å². The number of likely N-dealkylation sites (tertiary alicyclic amines) is 2. The first-order chi connectivity index (χ1) is 13.2. The second kappa shape index (κ2) is 7.85. The first-order valence-electron chi connectivity index (χ1n) is 9.64. The zero-order valence-electron chi connectivity index (χ0n) is 15.3. The van der Waals surface area contributed by atoms with Crippen molar-refractivity contribution in [1.82, 2.24) is 30.0 Å². The largest absolute Gasteiger partial charge is 0.342 e. The van der Waals surface area contributed by atoms with Crippen molar-refractivity contribution in [3.63, 3.8) is 0 Å². The molecule has 4 rings (SSSR count). The van der Waals surface area contributed by atoms with E-state index in [9.17, 15) is 9.59 Å². The zero-order valence-corrected chi connectivity index (χ0v) is 15.3. The summed E-state index contributed by atoms with van der Waals surface area (Å²) in [4.78, 5) is 29.4. The molecule has 0 bridgehead atoms. The molecule has 0 saturated carbocycles. The lowest BCUT2D eigenvalue weighted by Gasteiger charge is -2.35. The highest BCUT2D eigenvalue weighted by molar-refractivity contribution is 5.95. The second-order valence-corrected chi connectivity index (χ2v) is 7.26. The van der Waals surface area contributed by atoms with Crippen LogP contribution >= 0.6 is 0 Å². The van der Waals surface area contributed by atoms with E-state index in [0.717, 1.165) is 44.5 Å². The Balaban J connectivity index is 1.37. The molecular weight excluding hydrogens is 344 g/mol. The number of rotatable bonds is 3. The number of amides is 2. The van der Waals surface area contributed by atoms with E-state index in [1.54, 1.807) is 12.1 Å². The van der Waals surface area contributed by atoms with Crippen molar-refractivity contribution in [1.29, 1.82) is 0 Å². The molecule has 0 N–H and O–H groups in total. The Hall–Kier alpha value is -2.77. The normalized spacial score (nSPS) is 18.5. The molecule has 2 fully saturated rings. The van der Waals surface area contributed by atoms with Crippen molar-refractivity contribution in [2.45, 2.75) is 32.1 Å². The van der Waals surface area contributed by atoms with Gasteiger partial charge in [0.25, 0.3) is 5.91 Å². The molecule has 0 spiro atoms. The van der Waals surface area contributed by atoms with Gasteiger partial charge in [-0.1, -0.05) is 6.07 Å². The van der Waals surface area contributed by atoms with E-state index in [1.807, 2.05) is 21.9 Å². The maximum absolute atomic E-state index is 12.9. The van der Waals surface area contributed by atoms with Crippen molar-refractivity contribution < 1.29 is 9.59 Å². The van der Waals surface area contributed by atoms with Crippen LogP contribution in [-0.4, -0.2) is 68.0 Å². The molecule has 1 aromatic heterocycles. The van der Waals surface area contributed by atoms with Crippen molar-refractivity contribution in [2.24, 2.45) is 5.92 Å². The van der Waals surface area contributed by atoms with Gasteiger partial charge < -0.3 is 9.80 Å². The summed E-state index contributed by atoms with van der Waals surface area (Å²) in [7, 11) is 0. The van der Waals surface area contributed by atoms with Gasteiger partial charge in [0.15, 0.2) is 0 Å². The Labute approximate surface area is 158 Å². The number of tetrazole rings is 1. The lowest BCUT2D eigenvalue weighted by Crippen LogP contribution is -2.45. The lowest BCUT2D eigenvalue weighted by molar-refractivity contribution is -0.137. The van der Waals surface area contributed by atoms with Gasteiger partial charge >= 0.3 is 0 Å². The molecule has 2 amide bonds. The third-order valence-corrected chi connectivity index (χ3v) is 5.51. The maximum Gasteiger partial charge on any atom is 0.253 e. The zero-order chi connectivity index (χ0) is 18.6. The predicted molar refractivity (Wildman–Crippen MR) is 98.2 cm³/mol. The van der Waals surface area contributed by atoms with Gasteiger partial charge in [-0.05, 0) is 60.7 Å². The first-order valence-corrected chi connectivity index (χ1v) is 9.64. The van der Waals surface area contributed by atoms with Crippen LogP contribution in [0.5, 0.6) is 0 Å². The summed E-state index contributed by atoms with van der Waals surface area (Å²) in [6, 6.07) is 7.29. The van der Waals surface area contributed by atoms with Crippen LogP contribution in [0.3, 0.4) is 0 Å². The number of hydrogen-bond acceptors (Lipinski definition) is 5. The number of aromatic nitrogens is 4. The monoisotopic (exact) mass is 368 g/mol. The van der Waals surface area contributed by atoms with E-state index in [0.29, 0.717) is 18.7 Å². The Morgan fingerprint density at radius 3 is 2.44 bits per heavy atom. The van der Waals surface area contributed by atoms with Crippen molar-refractivity contribution in [2.75, 3.05) is 26.2 Å². The Bertz CT molecular complexity index is 792. The van der Waals surface area contributed by atoms with E-state index >= 15 is 0 Å². The fraction of sp³-hybridized carbons (Fsp3) is 0.526. The molecule has 8 heteroatoms. The molecule has 27 heavy (non-hydrogen) atoms. The van der Waals surface area contributed by atoms with E-state index in [-0.39, 0.29) is 17.7 Å². The van der Waals surface area contributed by atoms with Crippen LogP contribution < -0.4 is 0 Å². The highest BCUT2D eigenvalue weighted by atomic mass is 16.2. The minimum Gasteiger partial charge on any atom is -0.342 e. The van der Waals surface area contributed by atoms with Crippen LogP contribution in [0.2, 0.25) is 0 Å². The number of hydrogen-bond donors (Lipinski definition) is 0. The van der Waals surface area contributed by atoms with Crippen LogP contribution in [0.25, 0.3) is 5.69 Å². The van der Waals surface area contributed by atoms with E-state index in [2.05, 4.69) is 15.5 Å². The molecule has 2 aliphatic rings. The van der Waals surface area contributed by atoms with Gasteiger partial charge in [-0.25, -0.2) is 4.68 Å². The maximum atomic E-state index is 12.9. The summed E-state index contributed by atoms with van der Waals surface area (Å²) in [5.74, 6) is 0.330. The molecular formula is C19H24N6O2. The van der Waals surface area contributed by atoms with E-state index in [1.165, 1.54) is 17.4 Å². The second-order valence-electron chi connectivity index (χ2n) is 7.26. The summed E-state index contributed by atoms with van der Waals surface area (Å²) in [6.45, 7) is 3.03. The summed E-state index contributed by atoms with van der Waals surface area (Å²) in [5, 5.41) is 11.1. The molecule has 142 valence electrons. The average molecular weight is 368 g/mol. The SMILES string of the molecule is O=C(c1cccc(-n2cnnn2)c1)N1CCC(C(=O)N2CCCCC2)CC1. The fourth-order valence-electron chi connectivity index (χ4n) is 3.95. The predicted octanol–water partition coefficient (Wildman–Crippen LogP) is 1.53. The van der Waals surface area contributed by atoms with Crippen LogP contribution in [0.4, 0.5) is 0 Å². The topological polar surface area (TPSA) is 84.2 Å². The third kappa shape index (κ3) is 3.84. The van der Waals surface area contributed by atoms with E-state index in [4.69, 9.17) is 0 Å². The molecule has 1 aromatic carbocycles. The van der Waals surface area contributed by atoms with Crippen LogP contribution in [0.1, 0.15) is 42.5 Å². The Kier molecular flexibility index (Phi) is 5.13. The molecule has 0 radical (unpaired) electrons. The number of carbonyl (C=O) groups is 2. The minimum atomic E-state index is -0.00574. The quantitative estimate of drug-likeness (QED) is 0.820. The highest BCUT2D eigenvalue weighted by Gasteiger charge is 2.31. The molecule has 0 aliphatic carbocycles. The minimum absolute atomic E-state index is 0.00574. The molecule has 2 aromatic rings. The Morgan fingerprint density at radius 1 is 0.963 bits per heavy atom. The average Bonchev–Trinajstić information content (AvgIpc) is 3.29. The molecule has 2 aliphatic heterocycles. The number of piperidine rings is 2. The number of benzene rings is 1. The van der Waals surface area contributed by atoms with Crippen LogP contribution in [0, 0.1) is 5.92 Å². The number of carbonyl (C=O) groups excluding carboxylic acids is 2. The highest BCUT2D eigenvalue weighted by Crippen LogP contribution is 2.23. The standard InChI is InChI=1S/C19H24N6O2/c26-18(23-9-2-1-3-10-23)15-7-11-24(12-8-15)19(27)16-5-4-6-17(13-16)25-14-20-21-22-25/h4-6,13-15H,1-3,7-12H2. The smallest absolute Gasteiger partial charge is 0.253 e. The van der Waals surface area contributed by atoms with E-state index < -0.39 is 0 Å². The van der Waals surface area contributed by atoms with Crippen molar-refractivity contribution in [3.05, 3.63) is 36.2 Å². The van der Waals surface area contributed by atoms with Crippen LogP contribution in [0.15, 0.2) is 30.6 Å². The molecule has 0 unspecified atom stereocenters. The molecule has 2 saturated heterocycles. The first kappa shape index (κ1) is 17.6.